The predicted octanol–water partition coefficient (Wildman–Crippen LogP) is 7.31. The number of aromatic hydroxyl groups is 1. The lowest BCUT2D eigenvalue weighted by Gasteiger charge is -2.31. The lowest BCUT2D eigenvalue weighted by molar-refractivity contribution is -0.141. The predicted molar refractivity (Wildman–Crippen MR) is 154 cm³/mol. The van der Waals surface area contributed by atoms with Gasteiger partial charge in [-0.3, -0.25) is 14.4 Å². The number of carboxylic acid groups (broad SMARTS) is 1. The first-order valence-electron chi connectivity index (χ1n) is 13.9. The molecule has 2 aliphatic carbocycles. The summed E-state index contributed by atoms with van der Waals surface area (Å²) >= 11 is 3.38. The highest BCUT2D eigenvalue weighted by atomic mass is 79.9. The van der Waals surface area contributed by atoms with E-state index in [1.165, 1.54) is 31.2 Å². The number of ketones is 2. The fourth-order valence-electron chi connectivity index (χ4n) is 6.49. The van der Waals surface area contributed by atoms with Gasteiger partial charge in [0.2, 0.25) is 0 Å². The van der Waals surface area contributed by atoms with Gasteiger partial charge in [0.15, 0.2) is 0 Å². The topological polar surface area (TPSA) is 91.7 Å². The van der Waals surface area contributed by atoms with Gasteiger partial charge in [0.25, 0.3) is 0 Å². The van der Waals surface area contributed by atoms with Crippen molar-refractivity contribution in [3.8, 4) is 16.9 Å². The van der Waals surface area contributed by atoms with E-state index in [4.69, 9.17) is 0 Å². The van der Waals surface area contributed by atoms with Crippen LogP contribution >= 0.6 is 15.9 Å². The van der Waals surface area contributed by atoms with Gasteiger partial charge in [-0.15, -0.1) is 0 Å². The van der Waals surface area contributed by atoms with Crippen LogP contribution in [-0.2, 0) is 32.6 Å². The average molecular weight is 626 g/mol. The molecule has 3 aromatic carbocycles. The largest absolute Gasteiger partial charge is 0.508 e. The molecule has 0 aliphatic heterocycles. The van der Waals surface area contributed by atoms with E-state index in [0.29, 0.717) is 48.8 Å². The summed E-state index contributed by atoms with van der Waals surface area (Å²) in [6.07, 6.45) is 4.68. The molecule has 2 fully saturated rings. The Morgan fingerprint density at radius 2 is 1.39 bits per heavy atom. The van der Waals surface area contributed by atoms with Crippen LogP contribution in [0.5, 0.6) is 5.75 Å². The van der Waals surface area contributed by atoms with E-state index >= 15 is 8.78 Å². The van der Waals surface area contributed by atoms with Crippen LogP contribution in [0, 0.1) is 23.5 Å². The number of carbonyl (C=O) groups excluding carboxylic acids is 2. The summed E-state index contributed by atoms with van der Waals surface area (Å²) in [7, 11) is 0. The number of phenols is 1. The number of hydrogen-bond acceptors (Lipinski definition) is 4. The zero-order valence-corrected chi connectivity index (χ0v) is 24.3. The van der Waals surface area contributed by atoms with Gasteiger partial charge in [-0.2, -0.15) is 0 Å². The Kier molecular flexibility index (Phi) is 8.15. The van der Waals surface area contributed by atoms with Gasteiger partial charge in [0.05, 0.1) is 0 Å². The Morgan fingerprint density at radius 1 is 0.878 bits per heavy atom. The van der Waals surface area contributed by atoms with Crippen molar-refractivity contribution in [2.75, 3.05) is 0 Å². The van der Waals surface area contributed by atoms with Gasteiger partial charge < -0.3 is 10.2 Å². The van der Waals surface area contributed by atoms with Gasteiger partial charge in [0, 0.05) is 40.3 Å². The summed E-state index contributed by atoms with van der Waals surface area (Å²) in [5, 5.41) is 20.5. The standard InChI is InChI=1S/C33H31BrF2O5/c1-33(32(40)41,31-25(34)15-19(17-27(31)36)13-22-5-3-7-29(22)39)30-24(20-8-10-23(37)11-9-20)14-18(16-26(30)35)12-21-4-2-6-28(21)38/h8-11,14-17,21-22,37H,2-7,12-13H2,1H3,(H,40,41). The lowest BCUT2D eigenvalue weighted by Crippen LogP contribution is -2.37. The molecule has 0 heterocycles. The molecule has 0 spiro atoms. The van der Waals surface area contributed by atoms with Crippen molar-refractivity contribution in [2.24, 2.45) is 11.8 Å². The summed E-state index contributed by atoms with van der Waals surface area (Å²) in [5.74, 6) is -3.28. The van der Waals surface area contributed by atoms with E-state index in [1.807, 2.05) is 0 Å². The monoisotopic (exact) mass is 624 g/mol. The lowest BCUT2D eigenvalue weighted by atomic mass is 9.72. The Balaban J connectivity index is 1.66. The molecular weight excluding hydrogens is 594 g/mol. The van der Waals surface area contributed by atoms with Gasteiger partial charge in [0.1, 0.15) is 34.4 Å². The second-order valence-electron chi connectivity index (χ2n) is 11.4. The van der Waals surface area contributed by atoms with Gasteiger partial charge >= 0.3 is 5.97 Å². The van der Waals surface area contributed by atoms with E-state index in [9.17, 15) is 24.6 Å². The molecule has 5 rings (SSSR count). The third kappa shape index (κ3) is 5.59. The summed E-state index contributed by atoms with van der Waals surface area (Å²) < 4.78 is 32.4. The SMILES string of the molecule is CC(C(=O)O)(c1c(F)cc(CC2CCCC2=O)cc1Br)c1c(F)cc(CC2CCCC2=O)cc1-c1ccc(O)cc1. The maximum atomic E-state index is 16.3. The fourth-order valence-corrected chi connectivity index (χ4v) is 7.37. The van der Waals surface area contributed by atoms with E-state index in [1.54, 1.807) is 24.3 Å². The Bertz CT molecular complexity index is 1510. The van der Waals surface area contributed by atoms with Crippen molar-refractivity contribution >= 4 is 33.5 Å². The molecule has 2 aliphatic rings. The molecule has 3 aromatic rings. The van der Waals surface area contributed by atoms with E-state index in [0.717, 1.165) is 19.3 Å². The highest BCUT2D eigenvalue weighted by Gasteiger charge is 2.45. The number of rotatable bonds is 8. The van der Waals surface area contributed by atoms with Crippen LogP contribution in [0.15, 0.2) is 53.0 Å². The van der Waals surface area contributed by atoms with Crippen molar-refractivity contribution < 1.29 is 33.4 Å². The quantitative estimate of drug-likeness (QED) is 0.274. The second kappa shape index (κ2) is 11.5. The normalized spacial score (nSPS) is 20.4. The van der Waals surface area contributed by atoms with Crippen molar-refractivity contribution in [3.63, 3.8) is 0 Å². The van der Waals surface area contributed by atoms with Crippen LogP contribution in [-0.4, -0.2) is 27.7 Å². The second-order valence-corrected chi connectivity index (χ2v) is 12.3. The van der Waals surface area contributed by atoms with E-state index in [-0.39, 0.29) is 50.3 Å². The van der Waals surface area contributed by atoms with Crippen LogP contribution in [0.25, 0.3) is 11.1 Å². The number of benzene rings is 3. The number of phenolic OH excluding ortho intramolecular Hbond substituents is 1. The molecule has 0 saturated heterocycles. The molecule has 5 nitrogen and oxygen atoms in total. The number of aliphatic carboxylic acids is 1. The number of halogens is 3. The van der Waals surface area contributed by atoms with Crippen LogP contribution in [0.1, 0.15) is 67.7 Å². The van der Waals surface area contributed by atoms with Gasteiger partial charge in [-0.1, -0.05) is 34.1 Å². The molecule has 3 unspecified atom stereocenters. The first-order chi connectivity index (χ1) is 19.5. The molecule has 8 heteroatoms. The maximum Gasteiger partial charge on any atom is 0.318 e. The molecule has 214 valence electrons. The molecule has 0 bridgehead atoms. The molecule has 41 heavy (non-hydrogen) atoms. The molecular formula is C33H31BrF2O5. The van der Waals surface area contributed by atoms with Crippen LogP contribution in [0.2, 0.25) is 0 Å². The number of carboxylic acids is 1. The van der Waals surface area contributed by atoms with Crippen molar-refractivity contribution in [2.45, 2.75) is 63.7 Å². The minimum Gasteiger partial charge on any atom is -0.508 e. The third-order valence-electron chi connectivity index (χ3n) is 8.68. The highest BCUT2D eigenvalue weighted by molar-refractivity contribution is 9.10. The molecule has 0 radical (unpaired) electrons. The fraction of sp³-hybridized carbons (Fsp3) is 0.364. The molecule has 2 saturated carbocycles. The van der Waals surface area contributed by atoms with Crippen LogP contribution in [0.4, 0.5) is 8.78 Å². The third-order valence-corrected chi connectivity index (χ3v) is 9.31. The van der Waals surface area contributed by atoms with Crippen molar-refractivity contribution in [1.82, 2.24) is 0 Å². The Morgan fingerprint density at radius 3 is 1.85 bits per heavy atom. The summed E-state index contributed by atoms with van der Waals surface area (Å²) in [5.41, 5.74) is -0.845. The molecule has 2 N–H and O–H groups in total. The number of Topliss-reactive ketones (excluding diaryl/α,β-unsaturated/α-hetero) is 2. The summed E-state index contributed by atoms with van der Waals surface area (Å²) in [6, 6.07) is 11.7. The zero-order chi connectivity index (χ0) is 29.5. The minimum absolute atomic E-state index is 0.0189. The Hall–Kier alpha value is -3.39. The van der Waals surface area contributed by atoms with Crippen molar-refractivity contribution in [3.05, 3.63) is 86.9 Å². The number of carbonyl (C=O) groups is 3. The first-order valence-corrected chi connectivity index (χ1v) is 14.7. The van der Waals surface area contributed by atoms with E-state index < -0.39 is 23.0 Å². The maximum absolute atomic E-state index is 16.3. The number of hydrogen-bond donors (Lipinski definition) is 2. The van der Waals surface area contributed by atoms with Crippen molar-refractivity contribution in [1.29, 1.82) is 0 Å². The van der Waals surface area contributed by atoms with Gasteiger partial charge in [-0.25, -0.2) is 8.78 Å². The van der Waals surface area contributed by atoms with Crippen LogP contribution in [0.3, 0.4) is 0 Å². The molecule has 3 atom stereocenters. The van der Waals surface area contributed by atoms with Gasteiger partial charge in [-0.05, 0) is 98.0 Å². The zero-order valence-electron chi connectivity index (χ0n) is 22.7. The Labute approximate surface area is 245 Å². The molecule has 0 aromatic heterocycles. The highest BCUT2D eigenvalue weighted by Crippen LogP contribution is 2.45. The first kappa shape index (κ1) is 29.1. The average Bonchev–Trinajstić information content (AvgIpc) is 3.50. The smallest absolute Gasteiger partial charge is 0.318 e. The van der Waals surface area contributed by atoms with Crippen LogP contribution < -0.4 is 0 Å². The summed E-state index contributed by atoms with van der Waals surface area (Å²) in [6.45, 7) is 1.28. The summed E-state index contributed by atoms with van der Waals surface area (Å²) in [4.78, 5) is 37.5. The minimum atomic E-state index is -2.16. The van der Waals surface area contributed by atoms with E-state index in [2.05, 4.69) is 15.9 Å². The molecule has 0 amide bonds.